The molecule has 1 saturated heterocycles. The third-order valence-electron chi connectivity index (χ3n) is 4.96. The van der Waals surface area contributed by atoms with E-state index >= 15 is 0 Å². The summed E-state index contributed by atoms with van der Waals surface area (Å²) in [7, 11) is 0. The fraction of sp³-hybridized carbons (Fsp3) is 0.500. The van der Waals surface area contributed by atoms with Crippen LogP contribution in [0.3, 0.4) is 0 Å². The van der Waals surface area contributed by atoms with Gasteiger partial charge in [0.05, 0.1) is 6.54 Å². The van der Waals surface area contributed by atoms with Crippen molar-refractivity contribution < 1.29 is 14.0 Å². The molecule has 2 aromatic rings. The van der Waals surface area contributed by atoms with Crippen LogP contribution >= 0.6 is 0 Å². The second-order valence-corrected chi connectivity index (χ2v) is 6.90. The molecule has 7 heteroatoms. The Morgan fingerprint density at radius 3 is 2.96 bits per heavy atom. The summed E-state index contributed by atoms with van der Waals surface area (Å²) in [6, 6.07) is 3.51. The minimum atomic E-state index is -0.123. The average molecular weight is 342 g/mol. The number of nitrogens with zero attached hydrogens (tertiary/aromatic N) is 4. The number of carbonyl (C=O) groups excluding carboxylic acids is 2. The van der Waals surface area contributed by atoms with Crippen LogP contribution in [-0.4, -0.2) is 50.8 Å². The molecule has 25 heavy (non-hydrogen) atoms. The van der Waals surface area contributed by atoms with Gasteiger partial charge in [-0.3, -0.25) is 9.59 Å². The van der Waals surface area contributed by atoms with Crippen LogP contribution in [-0.2, 0) is 17.9 Å². The molecule has 132 valence electrons. The molecule has 2 aliphatic rings. The van der Waals surface area contributed by atoms with E-state index in [-0.39, 0.29) is 17.7 Å². The Kier molecular flexibility index (Phi) is 4.07. The SMILES string of the molecule is Cc1ccc(C(=O)N2Cc3nccn3CC(CN3CCCC3=O)C2)o1. The number of imidazole rings is 1. The number of rotatable bonds is 3. The van der Waals surface area contributed by atoms with Gasteiger partial charge >= 0.3 is 0 Å². The van der Waals surface area contributed by atoms with Gasteiger partial charge in [-0.15, -0.1) is 0 Å². The van der Waals surface area contributed by atoms with Gasteiger partial charge in [-0.1, -0.05) is 0 Å². The van der Waals surface area contributed by atoms with Gasteiger partial charge in [-0.2, -0.15) is 0 Å². The number of furan rings is 1. The van der Waals surface area contributed by atoms with E-state index in [1.807, 2.05) is 18.0 Å². The largest absolute Gasteiger partial charge is 0.456 e. The van der Waals surface area contributed by atoms with Gasteiger partial charge in [0.25, 0.3) is 5.91 Å². The van der Waals surface area contributed by atoms with E-state index in [9.17, 15) is 9.59 Å². The normalized spacial score (nSPS) is 20.7. The van der Waals surface area contributed by atoms with Crippen LogP contribution in [0.4, 0.5) is 0 Å². The van der Waals surface area contributed by atoms with Crippen LogP contribution in [0.1, 0.15) is 35.0 Å². The fourth-order valence-electron chi connectivity index (χ4n) is 3.72. The van der Waals surface area contributed by atoms with E-state index in [2.05, 4.69) is 9.55 Å². The molecule has 0 bridgehead atoms. The number of carbonyl (C=O) groups is 2. The van der Waals surface area contributed by atoms with Gasteiger partial charge in [-0.05, 0) is 25.5 Å². The van der Waals surface area contributed by atoms with Gasteiger partial charge in [-0.25, -0.2) is 4.98 Å². The van der Waals surface area contributed by atoms with E-state index < -0.39 is 0 Å². The first-order valence-electron chi connectivity index (χ1n) is 8.73. The van der Waals surface area contributed by atoms with E-state index in [1.165, 1.54) is 0 Å². The van der Waals surface area contributed by atoms with Crippen LogP contribution < -0.4 is 0 Å². The summed E-state index contributed by atoms with van der Waals surface area (Å²) in [4.78, 5) is 32.9. The van der Waals surface area contributed by atoms with Gasteiger partial charge in [0.1, 0.15) is 11.6 Å². The second kappa shape index (κ2) is 6.38. The van der Waals surface area contributed by atoms with Crippen molar-refractivity contribution in [2.45, 2.75) is 32.9 Å². The number of likely N-dealkylation sites (tertiary alicyclic amines) is 1. The first kappa shape index (κ1) is 15.9. The molecule has 1 atom stereocenters. The van der Waals surface area contributed by atoms with Crippen LogP contribution in [0.25, 0.3) is 0 Å². The highest BCUT2D eigenvalue weighted by molar-refractivity contribution is 5.91. The van der Waals surface area contributed by atoms with Gasteiger partial charge in [0.2, 0.25) is 5.91 Å². The van der Waals surface area contributed by atoms with Crippen molar-refractivity contribution >= 4 is 11.8 Å². The molecular formula is C18H22N4O3. The van der Waals surface area contributed by atoms with Crippen LogP contribution in [0.5, 0.6) is 0 Å². The summed E-state index contributed by atoms with van der Waals surface area (Å²) < 4.78 is 7.60. The molecule has 0 aliphatic carbocycles. The number of aromatic nitrogens is 2. The summed E-state index contributed by atoms with van der Waals surface area (Å²) in [6.45, 7) is 5.13. The van der Waals surface area contributed by atoms with E-state index in [4.69, 9.17) is 4.42 Å². The Morgan fingerprint density at radius 1 is 1.36 bits per heavy atom. The topological polar surface area (TPSA) is 71.6 Å². The van der Waals surface area contributed by atoms with Crippen LogP contribution in [0, 0.1) is 12.8 Å². The lowest BCUT2D eigenvalue weighted by Crippen LogP contribution is -2.39. The Bertz CT molecular complexity index is 794. The first-order valence-corrected chi connectivity index (χ1v) is 8.73. The molecule has 4 rings (SSSR count). The highest BCUT2D eigenvalue weighted by Crippen LogP contribution is 2.21. The van der Waals surface area contributed by atoms with E-state index in [0.29, 0.717) is 31.8 Å². The van der Waals surface area contributed by atoms with Gasteiger partial charge in [0.15, 0.2) is 5.76 Å². The number of hydrogen-bond acceptors (Lipinski definition) is 4. The molecule has 0 aromatic carbocycles. The average Bonchev–Trinajstić information content (AvgIpc) is 3.28. The number of aryl methyl sites for hydroxylation is 1. The highest BCUT2D eigenvalue weighted by atomic mass is 16.3. The maximum Gasteiger partial charge on any atom is 0.289 e. The first-order chi connectivity index (χ1) is 12.1. The summed E-state index contributed by atoms with van der Waals surface area (Å²) in [6.07, 6.45) is 5.27. The summed E-state index contributed by atoms with van der Waals surface area (Å²) in [5.74, 6) is 2.22. The molecule has 2 aliphatic heterocycles. The molecule has 0 radical (unpaired) electrons. The zero-order valence-electron chi connectivity index (χ0n) is 14.4. The predicted molar refractivity (Wildman–Crippen MR) is 89.7 cm³/mol. The van der Waals surface area contributed by atoms with Crippen molar-refractivity contribution in [3.05, 3.63) is 41.9 Å². The Hall–Kier alpha value is -2.57. The maximum atomic E-state index is 12.9. The standard InChI is InChI=1S/C18H22N4O3/c1-13-4-5-15(25-13)18(24)22-11-14(10-21-7-2-3-17(21)23)9-20-8-6-19-16(20)12-22/h4-6,8,14H,2-3,7,9-12H2,1H3. The molecule has 0 saturated carbocycles. The predicted octanol–water partition coefficient (Wildman–Crippen LogP) is 1.68. The van der Waals surface area contributed by atoms with Crippen LogP contribution in [0.15, 0.2) is 28.9 Å². The molecular weight excluding hydrogens is 320 g/mol. The smallest absolute Gasteiger partial charge is 0.289 e. The Labute approximate surface area is 146 Å². The second-order valence-electron chi connectivity index (χ2n) is 6.90. The van der Waals surface area contributed by atoms with Crippen molar-refractivity contribution in [3.8, 4) is 0 Å². The zero-order chi connectivity index (χ0) is 17.4. The molecule has 2 aromatic heterocycles. The van der Waals surface area contributed by atoms with Crippen molar-refractivity contribution in [2.75, 3.05) is 19.6 Å². The number of fused-ring (bicyclic) bond motifs is 1. The minimum Gasteiger partial charge on any atom is -0.456 e. The van der Waals surface area contributed by atoms with Crippen LogP contribution in [0.2, 0.25) is 0 Å². The van der Waals surface area contributed by atoms with E-state index in [1.54, 1.807) is 23.2 Å². The lowest BCUT2D eigenvalue weighted by molar-refractivity contribution is -0.128. The third-order valence-corrected chi connectivity index (χ3v) is 4.96. The minimum absolute atomic E-state index is 0.123. The lowest BCUT2D eigenvalue weighted by atomic mass is 10.1. The maximum absolute atomic E-state index is 12.9. The van der Waals surface area contributed by atoms with Crippen molar-refractivity contribution in [1.82, 2.24) is 19.4 Å². The monoisotopic (exact) mass is 342 g/mol. The van der Waals surface area contributed by atoms with Crippen molar-refractivity contribution in [3.63, 3.8) is 0 Å². The highest BCUT2D eigenvalue weighted by Gasteiger charge is 2.30. The summed E-state index contributed by atoms with van der Waals surface area (Å²) >= 11 is 0. The Balaban J connectivity index is 1.56. The zero-order valence-corrected chi connectivity index (χ0v) is 14.4. The summed E-state index contributed by atoms with van der Waals surface area (Å²) in [5.41, 5.74) is 0. The lowest BCUT2D eigenvalue weighted by Gasteiger charge is -2.26. The van der Waals surface area contributed by atoms with Gasteiger partial charge in [0, 0.05) is 50.9 Å². The third kappa shape index (κ3) is 3.18. The number of amides is 2. The molecule has 4 heterocycles. The van der Waals surface area contributed by atoms with E-state index in [0.717, 1.165) is 31.1 Å². The number of hydrogen-bond donors (Lipinski definition) is 0. The fourth-order valence-corrected chi connectivity index (χ4v) is 3.72. The van der Waals surface area contributed by atoms with Gasteiger partial charge < -0.3 is 18.8 Å². The molecule has 1 unspecified atom stereocenters. The molecule has 7 nitrogen and oxygen atoms in total. The summed E-state index contributed by atoms with van der Waals surface area (Å²) in [5, 5.41) is 0. The Morgan fingerprint density at radius 2 is 2.24 bits per heavy atom. The van der Waals surface area contributed by atoms with Crippen molar-refractivity contribution in [1.29, 1.82) is 0 Å². The quantitative estimate of drug-likeness (QED) is 0.851. The molecule has 0 N–H and O–H groups in total. The molecule has 1 fully saturated rings. The van der Waals surface area contributed by atoms with Crippen molar-refractivity contribution in [2.24, 2.45) is 5.92 Å². The molecule has 0 spiro atoms. The molecule has 2 amide bonds.